The number of halogens is 4. The number of nitriles is 1. The van der Waals surface area contributed by atoms with E-state index in [1.807, 2.05) is 0 Å². The van der Waals surface area contributed by atoms with E-state index in [2.05, 4.69) is 16.2 Å². The summed E-state index contributed by atoms with van der Waals surface area (Å²) in [6.45, 7) is 2.26. The van der Waals surface area contributed by atoms with Crippen molar-refractivity contribution in [3.8, 4) is 23.1 Å². The average molecular weight is 506 g/mol. The highest BCUT2D eigenvalue weighted by atomic mass is 32.2. The average Bonchev–Trinajstić information content (AvgIpc) is 3.33. The van der Waals surface area contributed by atoms with Gasteiger partial charge in [0.15, 0.2) is 0 Å². The number of nitrogens with zero attached hydrogens (tertiary/aromatic N) is 5. The molecule has 3 heterocycles. The first-order valence-electron chi connectivity index (χ1n) is 10.1. The van der Waals surface area contributed by atoms with Gasteiger partial charge in [0.05, 0.1) is 34.4 Å². The molecular formula is C22H18F4N6O2S. The molecule has 1 N–H and O–H groups in total. The van der Waals surface area contributed by atoms with Crippen LogP contribution in [0.3, 0.4) is 0 Å². The van der Waals surface area contributed by atoms with E-state index in [9.17, 15) is 31.2 Å². The van der Waals surface area contributed by atoms with Gasteiger partial charge < -0.3 is 4.57 Å². The number of nitrogens with one attached hydrogen (secondary N) is 1. The largest absolute Gasteiger partial charge is 0.404 e. The van der Waals surface area contributed by atoms with Crippen molar-refractivity contribution in [3.05, 3.63) is 59.8 Å². The molecule has 182 valence electrons. The zero-order valence-corrected chi connectivity index (χ0v) is 19.4. The van der Waals surface area contributed by atoms with Crippen LogP contribution in [0.25, 0.3) is 28.0 Å². The van der Waals surface area contributed by atoms with Crippen molar-refractivity contribution in [2.75, 3.05) is 0 Å². The Hall–Kier alpha value is -3.76. The number of hydrogen-bond acceptors (Lipinski definition) is 5. The second kappa shape index (κ2) is 8.47. The minimum Gasteiger partial charge on any atom is -0.303 e. The summed E-state index contributed by atoms with van der Waals surface area (Å²) in [5.41, 5.74) is 1.88. The monoisotopic (exact) mass is 506 g/mol. The number of sulfonamides is 1. The number of aromatic nitrogens is 4. The van der Waals surface area contributed by atoms with Crippen LogP contribution in [-0.4, -0.2) is 40.0 Å². The van der Waals surface area contributed by atoms with Crippen LogP contribution >= 0.6 is 0 Å². The Morgan fingerprint density at radius 2 is 1.91 bits per heavy atom. The smallest absolute Gasteiger partial charge is 0.303 e. The van der Waals surface area contributed by atoms with E-state index >= 15 is 0 Å². The first-order chi connectivity index (χ1) is 16.3. The van der Waals surface area contributed by atoms with E-state index < -0.39 is 33.0 Å². The van der Waals surface area contributed by atoms with Crippen molar-refractivity contribution >= 4 is 20.9 Å². The third kappa shape index (κ3) is 4.38. The van der Waals surface area contributed by atoms with Gasteiger partial charge in [-0.1, -0.05) is 0 Å². The van der Waals surface area contributed by atoms with Gasteiger partial charge in [0, 0.05) is 24.8 Å². The fourth-order valence-corrected chi connectivity index (χ4v) is 4.78. The highest BCUT2D eigenvalue weighted by molar-refractivity contribution is 7.89. The van der Waals surface area contributed by atoms with E-state index in [4.69, 9.17) is 0 Å². The lowest BCUT2D eigenvalue weighted by Gasteiger charge is -2.17. The second-order valence-electron chi connectivity index (χ2n) is 7.93. The van der Waals surface area contributed by atoms with Crippen LogP contribution in [0.2, 0.25) is 0 Å². The molecule has 0 amide bonds. The third-order valence-electron chi connectivity index (χ3n) is 5.42. The number of rotatable bonds is 5. The van der Waals surface area contributed by atoms with Crippen LogP contribution in [0.4, 0.5) is 17.6 Å². The third-order valence-corrected chi connectivity index (χ3v) is 6.95. The summed E-state index contributed by atoms with van der Waals surface area (Å²) in [7, 11) is -2.83. The van der Waals surface area contributed by atoms with Gasteiger partial charge in [-0.2, -0.15) is 28.3 Å². The summed E-state index contributed by atoms with van der Waals surface area (Å²) in [5.74, 6) is -0.511. The molecule has 13 heteroatoms. The summed E-state index contributed by atoms with van der Waals surface area (Å²) in [4.78, 5) is 3.65. The Kier molecular flexibility index (Phi) is 5.90. The number of aryl methyl sites for hydroxylation is 2. The van der Waals surface area contributed by atoms with E-state index in [-0.39, 0.29) is 17.0 Å². The molecule has 1 unspecified atom stereocenters. The molecule has 1 atom stereocenters. The van der Waals surface area contributed by atoms with Gasteiger partial charge in [0.25, 0.3) is 0 Å². The molecule has 1 aromatic carbocycles. The minimum atomic E-state index is -4.76. The predicted molar refractivity (Wildman–Crippen MR) is 119 cm³/mol. The first kappa shape index (κ1) is 24.4. The molecule has 0 aliphatic carbocycles. The van der Waals surface area contributed by atoms with E-state index in [1.165, 1.54) is 23.0 Å². The quantitative estimate of drug-likeness (QED) is 0.413. The molecule has 0 radical (unpaired) electrons. The topological polar surface area (TPSA) is 106 Å². The van der Waals surface area contributed by atoms with Crippen molar-refractivity contribution in [3.63, 3.8) is 0 Å². The Labute approximate surface area is 197 Å². The maximum atomic E-state index is 14.4. The van der Waals surface area contributed by atoms with Crippen LogP contribution in [-0.2, 0) is 17.1 Å². The zero-order chi connectivity index (χ0) is 25.7. The highest BCUT2D eigenvalue weighted by Crippen LogP contribution is 2.36. The van der Waals surface area contributed by atoms with Crippen LogP contribution in [0.5, 0.6) is 0 Å². The Bertz CT molecular complexity index is 1580. The minimum absolute atomic E-state index is 0.0923. The fraction of sp³-hybridized carbons (Fsp3) is 0.227. The van der Waals surface area contributed by atoms with Gasteiger partial charge in [-0.25, -0.2) is 12.8 Å². The lowest BCUT2D eigenvalue weighted by atomic mass is 10.1. The molecule has 0 saturated carbocycles. The predicted octanol–water partition coefficient (Wildman–Crippen LogP) is 3.97. The molecule has 0 aliphatic heterocycles. The van der Waals surface area contributed by atoms with Crippen LogP contribution in [0, 0.1) is 24.1 Å². The van der Waals surface area contributed by atoms with E-state index in [0.29, 0.717) is 29.1 Å². The van der Waals surface area contributed by atoms with Crippen LogP contribution in [0.15, 0.2) is 47.8 Å². The number of pyridine rings is 1. The zero-order valence-electron chi connectivity index (χ0n) is 18.6. The van der Waals surface area contributed by atoms with Gasteiger partial charge in [-0.3, -0.25) is 9.67 Å². The summed E-state index contributed by atoms with van der Waals surface area (Å²) >= 11 is 0. The summed E-state index contributed by atoms with van der Waals surface area (Å²) in [6.07, 6.45) is -0.659. The summed E-state index contributed by atoms with van der Waals surface area (Å²) in [6, 6.07) is 4.93. The molecule has 4 aromatic rings. The van der Waals surface area contributed by atoms with Crippen LogP contribution < -0.4 is 4.72 Å². The summed E-state index contributed by atoms with van der Waals surface area (Å²) in [5, 5.41) is 14.4. The molecule has 0 bridgehead atoms. The lowest BCUT2D eigenvalue weighted by Crippen LogP contribution is -2.42. The van der Waals surface area contributed by atoms with Crippen molar-refractivity contribution in [2.45, 2.75) is 31.0 Å². The number of hydrogen-bond donors (Lipinski definition) is 1. The molecule has 35 heavy (non-hydrogen) atoms. The molecule has 8 nitrogen and oxygen atoms in total. The maximum Gasteiger partial charge on any atom is 0.404 e. The Morgan fingerprint density at radius 3 is 2.46 bits per heavy atom. The fourth-order valence-electron chi connectivity index (χ4n) is 3.61. The molecule has 3 aromatic heterocycles. The Balaban J connectivity index is 1.90. The number of benzene rings is 1. The molecule has 4 rings (SSSR count). The normalized spacial score (nSPS) is 13.2. The van der Waals surface area contributed by atoms with Crippen molar-refractivity contribution in [2.24, 2.45) is 7.05 Å². The van der Waals surface area contributed by atoms with E-state index in [0.717, 1.165) is 12.3 Å². The van der Waals surface area contributed by atoms with Gasteiger partial charge in [-0.05, 0) is 43.7 Å². The first-order valence-corrected chi connectivity index (χ1v) is 11.6. The maximum absolute atomic E-state index is 14.4. The van der Waals surface area contributed by atoms with Gasteiger partial charge in [0.1, 0.15) is 22.8 Å². The highest BCUT2D eigenvalue weighted by Gasteiger charge is 2.39. The molecule has 0 spiro atoms. The second-order valence-corrected chi connectivity index (χ2v) is 9.64. The lowest BCUT2D eigenvalue weighted by molar-refractivity contribution is -0.147. The van der Waals surface area contributed by atoms with Gasteiger partial charge in [0.2, 0.25) is 10.0 Å². The summed E-state index contributed by atoms with van der Waals surface area (Å²) < 4.78 is 82.4. The molecule has 0 saturated heterocycles. The molecular weight excluding hydrogens is 488 g/mol. The number of fused-ring (bicyclic) bond motifs is 1. The van der Waals surface area contributed by atoms with Crippen molar-refractivity contribution < 1.29 is 26.0 Å². The standard InChI is InChI=1S/C22H18F4N6O2S/c1-12-6-20-16(7-18(12)23)17(8-27)21(32(20)14-9-29-31(3)11-14)19-5-4-15(10-28-19)35(33,34)30-13(2)22(24,25)26/h4-7,9-11,13,30H,1-3H3. The van der Waals surface area contributed by atoms with Crippen LogP contribution in [0.1, 0.15) is 18.1 Å². The SMILES string of the molecule is Cc1cc2c(cc1F)c(C#N)c(-c1ccc(S(=O)(=O)NC(C)C(F)(F)F)cn1)n2-c1cnn(C)c1. The number of alkyl halides is 3. The molecule has 0 fully saturated rings. The van der Waals surface area contributed by atoms with E-state index in [1.54, 1.807) is 35.5 Å². The van der Waals surface area contributed by atoms with Crippen molar-refractivity contribution in [1.29, 1.82) is 5.26 Å². The Morgan fingerprint density at radius 1 is 1.20 bits per heavy atom. The molecule has 0 aliphatic rings. The van der Waals surface area contributed by atoms with Gasteiger partial charge >= 0.3 is 6.18 Å². The van der Waals surface area contributed by atoms with Crippen molar-refractivity contribution in [1.82, 2.24) is 24.1 Å². The van der Waals surface area contributed by atoms with Gasteiger partial charge in [-0.15, -0.1) is 0 Å².